The molecule has 2 heterocycles. The first kappa shape index (κ1) is 25.4. The number of nitrogens with one attached hydrogen (secondary N) is 1. The maximum Gasteiger partial charge on any atom is 0.248 e. The quantitative estimate of drug-likeness (QED) is 0.492. The molecule has 194 valence electrons. The molecule has 1 N–H and O–H groups in total. The van der Waals surface area contributed by atoms with Crippen LogP contribution in [0.3, 0.4) is 0 Å². The van der Waals surface area contributed by atoms with Crippen LogP contribution in [0.25, 0.3) is 12.2 Å². The van der Waals surface area contributed by atoms with Crippen molar-refractivity contribution in [2.75, 3.05) is 13.1 Å². The van der Waals surface area contributed by atoms with Crippen LogP contribution in [-0.4, -0.2) is 36.9 Å². The largest absolute Gasteiger partial charge is 0.355 e. The fraction of sp³-hybridized carbons (Fsp3) is 0.379. The summed E-state index contributed by atoms with van der Waals surface area (Å²) in [6, 6.07) is 16.1. The molecule has 1 amide bonds. The van der Waals surface area contributed by atoms with Crippen LogP contribution < -0.4 is 5.32 Å². The second-order valence-electron chi connectivity index (χ2n) is 10.1. The van der Waals surface area contributed by atoms with Crippen molar-refractivity contribution in [2.24, 2.45) is 5.92 Å². The molecule has 37 heavy (non-hydrogen) atoms. The van der Waals surface area contributed by atoms with Gasteiger partial charge in [0.1, 0.15) is 5.69 Å². The van der Waals surface area contributed by atoms with E-state index in [-0.39, 0.29) is 29.1 Å². The lowest BCUT2D eigenvalue weighted by Gasteiger charge is -2.33. The van der Waals surface area contributed by atoms with Crippen LogP contribution in [0.15, 0.2) is 57.9 Å². The summed E-state index contributed by atoms with van der Waals surface area (Å²) in [6.45, 7) is 4.16. The van der Waals surface area contributed by atoms with Gasteiger partial charge in [-0.3, -0.25) is 4.79 Å². The number of fused-ring (bicyclic) bond motifs is 1. The molecule has 0 radical (unpaired) electrons. The molecule has 2 aromatic carbocycles. The van der Waals surface area contributed by atoms with Gasteiger partial charge in [-0.05, 0) is 68.7 Å². The first-order chi connectivity index (χ1) is 17.8. The highest BCUT2D eigenvalue weighted by atomic mass is 32.2. The van der Waals surface area contributed by atoms with Crippen molar-refractivity contribution in [3.63, 3.8) is 0 Å². The van der Waals surface area contributed by atoms with Crippen LogP contribution in [0, 0.1) is 19.8 Å². The van der Waals surface area contributed by atoms with Crippen LogP contribution in [0.2, 0.25) is 0 Å². The van der Waals surface area contributed by atoms with Gasteiger partial charge in [-0.2, -0.15) is 4.31 Å². The van der Waals surface area contributed by atoms with E-state index in [0.717, 1.165) is 30.4 Å². The Balaban J connectivity index is 1.32. The molecule has 0 saturated carbocycles. The van der Waals surface area contributed by atoms with E-state index in [2.05, 4.69) is 22.6 Å². The third-order valence-corrected chi connectivity index (χ3v) is 9.40. The first-order valence-corrected chi connectivity index (χ1v) is 14.4. The number of carbonyl (C=O) groups is 1. The molecule has 1 saturated heterocycles. The average Bonchev–Trinajstić information content (AvgIpc) is 3.29. The third-order valence-electron chi connectivity index (χ3n) is 7.38. The smallest absolute Gasteiger partial charge is 0.248 e. The summed E-state index contributed by atoms with van der Waals surface area (Å²) < 4.78 is 34.3. The van der Waals surface area contributed by atoms with Gasteiger partial charge in [0.15, 0.2) is 10.7 Å². The normalized spacial score (nSPS) is 20.6. The molecular formula is C29H33N3O4S. The van der Waals surface area contributed by atoms with E-state index in [1.165, 1.54) is 15.4 Å². The van der Waals surface area contributed by atoms with Crippen molar-refractivity contribution in [1.82, 2.24) is 14.8 Å². The minimum absolute atomic E-state index is 0.0248. The predicted octanol–water partition coefficient (Wildman–Crippen LogP) is 5.06. The fourth-order valence-corrected chi connectivity index (χ4v) is 7.12. The van der Waals surface area contributed by atoms with Crippen LogP contribution in [0.4, 0.5) is 0 Å². The maximum atomic E-state index is 13.7. The molecule has 1 aliphatic heterocycles. The summed E-state index contributed by atoms with van der Waals surface area (Å²) >= 11 is 0. The average molecular weight is 520 g/mol. The van der Waals surface area contributed by atoms with Crippen molar-refractivity contribution < 1.29 is 17.7 Å². The zero-order chi connectivity index (χ0) is 26.0. The maximum absolute atomic E-state index is 13.7. The molecule has 0 bridgehead atoms. The molecule has 3 aromatic rings. The number of carbonyl (C=O) groups excluding carboxylic acids is 1. The lowest BCUT2D eigenvalue weighted by atomic mass is 9.87. The van der Waals surface area contributed by atoms with Gasteiger partial charge in [0, 0.05) is 13.1 Å². The number of benzene rings is 2. The number of rotatable bonds is 6. The number of aromatic nitrogens is 1. The van der Waals surface area contributed by atoms with Gasteiger partial charge < -0.3 is 9.84 Å². The van der Waals surface area contributed by atoms with Gasteiger partial charge in [0.25, 0.3) is 0 Å². The lowest BCUT2D eigenvalue weighted by Crippen LogP contribution is -2.46. The fourth-order valence-electron chi connectivity index (χ4n) is 5.35. The zero-order valence-corrected chi connectivity index (χ0v) is 22.1. The summed E-state index contributed by atoms with van der Waals surface area (Å²) in [7, 11) is -3.89. The highest BCUT2D eigenvalue weighted by Crippen LogP contribution is 2.32. The Hall–Kier alpha value is -3.23. The Morgan fingerprint density at radius 2 is 1.84 bits per heavy atom. The Morgan fingerprint density at radius 3 is 2.65 bits per heavy atom. The second kappa shape index (κ2) is 10.6. The number of piperidine rings is 1. The van der Waals surface area contributed by atoms with E-state index in [1.54, 1.807) is 13.0 Å². The lowest BCUT2D eigenvalue weighted by molar-refractivity contribution is -0.127. The molecule has 0 unspecified atom stereocenters. The molecule has 5 rings (SSSR count). The minimum Gasteiger partial charge on any atom is -0.355 e. The standard InChI is InChI=1S/C29H33N3O4S/c1-20-12-14-22(15-13-20)16-17-27-28(21(2)31-36-27)37(34,35)32-18-6-9-24(19-32)29(33)30-26-11-5-8-23-7-3-4-10-25(23)26/h3-4,7,10,12-17,24,26H,5-6,8-9,11,18-19H2,1-2H3,(H,30,33)/b17-16+/t24-,26+/m1/s1. The van der Waals surface area contributed by atoms with E-state index >= 15 is 0 Å². The van der Waals surface area contributed by atoms with E-state index in [4.69, 9.17) is 4.52 Å². The summed E-state index contributed by atoms with van der Waals surface area (Å²) in [6.07, 6.45) is 7.69. The van der Waals surface area contributed by atoms with E-state index in [0.29, 0.717) is 25.1 Å². The molecular weight excluding hydrogens is 486 g/mol. The highest BCUT2D eigenvalue weighted by molar-refractivity contribution is 7.89. The van der Waals surface area contributed by atoms with Gasteiger partial charge in [0.2, 0.25) is 15.9 Å². The number of nitrogens with zero attached hydrogens (tertiary/aromatic N) is 2. The summed E-state index contributed by atoms with van der Waals surface area (Å²) in [4.78, 5) is 13.3. The Morgan fingerprint density at radius 1 is 1.05 bits per heavy atom. The predicted molar refractivity (Wildman–Crippen MR) is 143 cm³/mol. The van der Waals surface area contributed by atoms with Crippen molar-refractivity contribution >= 4 is 28.1 Å². The van der Waals surface area contributed by atoms with Crippen molar-refractivity contribution in [3.8, 4) is 0 Å². The minimum atomic E-state index is -3.89. The van der Waals surface area contributed by atoms with E-state index in [9.17, 15) is 13.2 Å². The first-order valence-electron chi connectivity index (χ1n) is 12.9. The third kappa shape index (κ3) is 5.40. The molecule has 1 fully saturated rings. The molecule has 1 aromatic heterocycles. The summed E-state index contributed by atoms with van der Waals surface area (Å²) in [5, 5.41) is 7.16. The zero-order valence-electron chi connectivity index (χ0n) is 21.3. The molecule has 1 aliphatic carbocycles. The van der Waals surface area contributed by atoms with Crippen molar-refractivity contribution in [2.45, 2.75) is 56.9 Å². The van der Waals surface area contributed by atoms with Gasteiger partial charge in [-0.15, -0.1) is 0 Å². The molecule has 2 aliphatic rings. The molecule has 8 heteroatoms. The summed E-state index contributed by atoms with van der Waals surface area (Å²) in [5.41, 5.74) is 4.84. The topological polar surface area (TPSA) is 92.5 Å². The SMILES string of the molecule is Cc1ccc(/C=C/c2onc(C)c2S(=O)(=O)N2CCC[C@@H](C(=O)N[C@H]3CCCc4ccccc43)C2)cc1. The van der Waals surface area contributed by atoms with Crippen LogP contribution in [-0.2, 0) is 21.2 Å². The number of hydrogen-bond donors (Lipinski definition) is 1. The van der Waals surface area contributed by atoms with Crippen molar-refractivity contribution in [1.29, 1.82) is 0 Å². The van der Waals surface area contributed by atoms with Crippen LogP contribution >= 0.6 is 0 Å². The van der Waals surface area contributed by atoms with Gasteiger partial charge in [0.05, 0.1) is 12.0 Å². The molecule has 7 nitrogen and oxygen atoms in total. The Bertz CT molecular complexity index is 1410. The number of hydrogen-bond acceptors (Lipinski definition) is 5. The van der Waals surface area contributed by atoms with E-state index in [1.807, 2.05) is 49.4 Å². The highest BCUT2D eigenvalue weighted by Gasteiger charge is 2.37. The molecule has 2 atom stereocenters. The number of amides is 1. The Labute approximate surface area is 218 Å². The van der Waals surface area contributed by atoms with E-state index < -0.39 is 15.9 Å². The number of aryl methyl sites for hydroxylation is 3. The van der Waals surface area contributed by atoms with Crippen molar-refractivity contribution in [3.05, 3.63) is 82.2 Å². The monoisotopic (exact) mass is 519 g/mol. The van der Waals surface area contributed by atoms with Crippen LogP contribution in [0.5, 0.6) is 0 Å². The van der Waals surface area contributed by atoms with Gasteiger partial charge in [-0.1, -0.05) is 65.3 Å². The second-order valence-corrected chi connectivity index (χ2v) is 11.9. The number of sulfonamides is 1. The van der Waals surface area contributed by atoms with Gasteiger partial charge in [-0.25, -0.2) is 8.42 Å². The van der Waals surface area contributed by atoms with Gasteiger partial charge >= 0.3 is 0 Å². The van der Waals surface area contributed by atoms with Crippen LogP contribution in [0.1, 0.15) is 65.4 Å². The molecule has 0 spiro atoms. The summed E-state index contributed by atoms with van der Waals surface area (Å²) in [5.74, 6) is -0.282. The Kier molecular flexibility index (Phi) is 7.31.